The van der Waals surface area contributed by atoms with Crippen LogP contribution in [0.25, 0.3) is 11.1 Å². The summed E-state index contributed by atoms with van der Waals surface area (Å²) >= 11 is 0. The van der Waals surface area contributed by atoms with Crippen molar-refractivity contribution in [2.24, 2.45) is 0 Å². The lowest BCUT2D eigenvalue weighted by molar-refractivity contribution is 0.417. The molecule has 1 aromatic heterocycles. The van der Waals surface area contributed by atoms with Gasteiger partial charge in [0.1, 0.15) is 5.82 Å². The van der Waals surface area contributed by atoms with Gasteiger partial charge in [-0.15, -0.1) is 0 Å². The maximum atomic E-state index is 13.9. The van der Waals surface area contributed by atoms with Crippen molar-refractivity contribution in [1.82, 2.24) is 9.78 Å². The first-order chi connectivity index (χ1) is 8.00. The molecule has 3 nitrogen and oxygen atoms in total. The fourth-order valence-electron chi connectivity index (χ4n) is 1.60. The number of nitrogens with two attached hydrogens (primary N) is 1. The molecule has 2 N–H and O–H groups in total. The Morgan fingerprint density at radius 1 is 1.29 bits per heavy atom. The molecule has 17 heavy (non-hydrogen) atoms. The van der Waals surface area contributed by atoms with E-state index in [1.54, 1.807) is 6.07 Å². The lowest BCUT2D eigenvalue weighted by atomic mass is 10.1. The van der Waals surface area contributed by atoms with Gasteiger partial charge >= 0.3 is 0 Å². The Kier molecular flexibility index (Phi) is 2.83. The van der Waals surface area contributed by atoms with E-state index in [0.717, 1.165) is 0 Å². The van der Waals surface area contributed by atoms with Gasteiger partial charge in [0.25, 0.3) is 0 Å². The molecule has 0 aliphatic carbocycles. The highest BCUT2D eigenvalue weighted by atomic mass is 19.1. The number of hydrogen-bond acceptors (Lipinski definition) is 2. The van der Waals surface area contributed by atoms with E-state index in [4.69, 9.17) is 5.73 Å². The van der Waals surface area contributed by atoms with Crippen molar-refractivity contribution in [3.8, 4) is 11.1 Å². The molecule has 0 saturated heterocycles. The molecule has 0 fully saturated rings. The molecular weight excluding hydrogens is 224 g/mol. The summed E-state index contributed by atoms with van der Waals surface area (Å²) in [6.45, 7) is 3.65. The fraction of sp³-hybridized carbons (Fsp3) is 0.250. The fourth-order valence-corrected chi connectivity index (χ4v) is 1.60. The van der Waals surface area contributed by atoms with Crippen LogP contribution in [0, 0.1) is 11.8 Å². The van der Waals surface area contributed by atoms with Crippen LogP contribution >= 0.6 is 0 Å². The van der Waals surface area contributed by atoms with Crippen LogP contribution in [0.15, 0.2) is 24.4 Å². The zero-order valence-corrected chi connectivity index (χ0v) is 9.61. The van der Waals surface area contributed by atoms with E-state index in [9.17, 15) is 8.78 Å². The Balaban J connectivity index is 2.50. The van der Waals surface area contributed by atoms with Crippen molar-refractivity contribution in [3.05, 3.63) is 36.2 Å². The maximum absolute atomic E-state index is 13.9. The first-order valence-corrected chi connectivity index (χ1v) is 5.29. The van der Waals surface area contributed by atoms with E-state index in [-0.39, 0.29) is 17.3 Å². The van der Waals surface area contributed by atoms with E-state index in [1.165, 1.54) is 23.0 Å². The molecule has 2 aromatic rings. The van der Waals surface area contributed by atoms with Gasteiger partial charge in [-0.3, -0.25) is 0 Å². The molecule has 0 unspecified atom stereocenters. The van der Waals surface area contributed by atoms with Crippen LogP contribution in [0.4, 0.5) is 14.5 Å². The van der Waals surface area contributed by atoms with Gasteiger partial charge in [0.2, 0.25) is 5.95 Å². The van der Waals surface area contributed by atoms with Crippen molar-refractivity contribution in [1.29, 1.82) is 0 Å². The van der Waals surface area contributed by atoms with Gasteiger partial charge in [0, 0.05) is 6.04 Å². The van der Waals surface area contributed by atoms with Crippen LogP contribution in [0.5, 0.6) is 0 Å². The quantitative estimate of drug-likeness (QED) is 0.816. The standard InChI is InChI=1S/C12H13F2N3/c1-7(2)17-12(14)9(6-16-17)8-3-4-11(15)10(13)5-8/h3-7H,15H2,1-2H3. The van der Waals surface area contributed by atoms with Crippen LogP contribution in [0.2, 0.25) is 0 Å². The molecule has 0 atom stereocenters. The molecule has 1 heterocycles. The molecule has 0 saturated carbocycles. The van der Waals surface area contributed by atoms with Crippen molar-refractivity contribution in [2.75, 3.05) is 5.73 Å². The van der Waals surface area contributed by atoms with Crippen molar-refractivity contribution in [3.63, 3.8) is 0 Å². The minimum Gasteiger partial charge on any atom is -0.396 e. The molecule has 0 spiro atoms. The first-order valence-electron chi connectivity index (χ1n) is 5.29. The third kappa shape index (κ3) is 2.00. The molecule has 2 rings (SSSR count). The highest BCUT2D eigenvalue weighted by Gasteiger charge is 2.15. The smallest absolute Gasteiger partial charge is 0.219 e. The third-order valence-electron chi connectivity index (χ3n) is 2.54. The predicted molar refractivity (Wildman–Crippen MR) is 62.4 cm³/mol. The second-order valence-corrected chi connectivity index (χ2v) is 4.12. The monoisotopic (exact) mass is 237 g/mol. The number of anilines is 1. The number of hydrogen-bond donors (Lipinski definition) is 1. The van der Waals surface area contributed by atoms with Gasteiger partial charge in [-0.1, -0.05) is 6.07 Å². The molecule has 0 amide bonds. The Bertz CT molecular complexity index is 547. The summed E-state index contributed by atoms with van der Waals surface area (Å²) in [4.78, 5) is 0. The second kappa shape index (κ2) is 4.16. The van der Waals surface area contributed by atoms with Crippen LogP contribution in [-0.2, 0) is 0 Å². The van der Waals surface area contributed by atoms with E-state index in [2.05, 4.69) is 5.10 Å². The Labute approximate surface area is 97.9 Å². The highest BCUT2D eigenvalue weighted by Crippen LogP contribution is 2.26. The lowest BCUT2D eigenvalue weighted by Gasteiger charge is -2.06. The molecule has 0 radical (unpaired) electrons. The first kappa shape index (κ1) is 11.6. The number of benzene rings is 1. The molecule has 0 aliphatic heterocycles. The molecule has 0 aliphatic rings. The number of aromatic nitrogens is 2. The lowest BCUT2D eigenvalue weighted by Crippen LogP contribution is -2.05. The summed E-state index contributed by atoms with van der Waals surface area (Å²) in [7, 11) is 0. The molecule has 0 bridgehead atoms. The summed E-state index contributed by atoms with van der Waals surface area (Å²) in [6, 6.07) is 4.11. The Morgan fingerprint density at radius 3 is 2.53 bits per heavy atom. The average Bonchev–Trinajstić information content (AvgIpc) is 2.64. The van der Waals surface area contributed by atoms with Crippen molar-refractivity contribution >= 4 is 5.69 Å². The summed E-state index contributed by atoms with van der Waals surface area (Å²) < 4.78 is 28.5. The van der Waals surface area contributed by atoms with Gasteiger partial charge in [0.05, 0.1) is 17.4 Å². The molecule has 90 valence electrons. The maximum Gasteiger partial charge on any atom is 0.219 e. The van der Waals surface area contributed by atoms with Crippen molar-refractivity contribution in [2.45, 2.75) is 19.9 Å². The summed E-state index contributed by atoms with van der Waals surface area (Å²) in [5.41, 5.74) is 6.12. The molecular formula is C12H13F2N3. The average molecular weight is 237 g/mol. The summed E-state index contributed by atoms with van der Waals surface area (Å²) in [5.74, 6) is -1.02. The van der Waals surface area contributed by atoms with E-state index in [0.29, 0.717) is 5.56 Å². The normalized spacial score (nSPS) is 11.1. The minimum atomic E-state index is -0.556. The minimum absolute atomic E-state index is 0.0467. The van der Waals surface area contributed by atoms with Crippen LogP contribution in [0.1, 0.15) is 19.9 Å². The van der Waals surface area contributed by atoms with E-state index in [1.807, 2.05) is 13.8 Å². The predicted octanol–water partition coefficient (Wildman–Crippen LogP) is 2.99. The number of nitrogens with zero attached hydrogens (tertiary/aromatic N) is 2. The topological polar surface area (TPSA) is 43.8 Å². The van der Waals surface area contributed by atoms with Gasteiger partial charge in [-0.2, -0.15) is 9.49 Å². The Morgan fingerprint density at radius 2 is 2.00 bits per heavy atom. The summed E-state index contributed by atoms with van der Waals surface area (Å²) in [5, 5.41) is 3.93. The Hall–Kier alpha value is -1.91. The SMILES string of the molecule is CC(C)n1ncc(-c2ccc(N)c(F)c2)c1F. The van der Waals surface area contributed by atoms with Gasteiger partial charge in [0.15, 0.2) is 0 Å². The highest BCUT2D eigenvalue weighted by molar-refractivity contribution is 5.65. The van der Waals surface area contributed by atoms with Crippen LogP contribution in [-0.4, -0.2) is 9.78 Å². The second-order valence-electron chi connectivity index (χ2n) is 4.12. The van der Waals surface area contributed by atoms with Crippen LogP contribution < -0.4 is 5.73 Å². The zero-order chi connectivity index (χ0) is 12.6. The van der Waals surface area contributed by atoms with Gasteiger partial charge in [-0.25, -0.2) is 9.07 Å². The van der Waals surface area contributed by atoms with Gasteiger partial charge < -0.3 is 5.73 Å². The number of rotatable bonds is 2. The van der Waals surface area contributed by atoms with Crippen LogP contribution in [0.3, 0.4) is 0 Å². The summed E-state index contributed by atoms with van der Waals surface area (Å²) in [6.07, 6.45) is 1.39. The largest absolute Gasteiger partial charge is 0.396 e. The number of halogens is 2. The van der Waals surface area contributed by atoms with E-state index >= 15 is 0 Å². The molecule has 5 heteroatoms. The van der Waals surface area contributed by atoms with Crippen molar-refractivity contribution < 1.29 is 8.78 Å². The molecule has 1 aromatic carbocycles. The third-order valence-corrected chi connectivity index (χ3v) is 2.54. The van der Waals surface area contributed by atoms with Gasteiger partial charge in [-0.05, 0) is 31.5 Å². The number of nitrogen functional groups attached to an aromatic ring is 1. The van der Waals surface area contributed by atoms with E-state index < -0.39 is 11.8 Å². The zero-order valence-electron chi connectivity index (χ0n) is 9.61.